The molecule has 2 aliphatic rings. The molecule has 2 fully saturated rings. The minimum absolute atomic E-state index is 0.132. The van der Waals surface area contributed by atoms with Crippen LogP contribution in [0.2, 0.25) is 0 Å². The van der Waals surface area contributed by atoms with Crippen LogP contribution in [0.5, 0.6) is 0 Å². The van der Waals surface area contributed by atoms with E-state index in [1.54, 1.807) is 27.7 Å². The first kappa shape index (κ1) is 11.3. The molecule has 0 saturated carbocycles. The van der Waals surface area contributed by atoms with Crippen molar-refractivity contribution < 1.29 is 19.1 Å². The lowest BCUT2D eigenvalue weighted by molar-refractivity contribution is -0.122. The van der Waals surface area contributed by atoms with Crippen LogP contribution in [0.1, 0.15) is 27.7 Å². The Labute approximate surface area is 83.6 Å². The fourth-order valence-electron chi connectivity index (χ4n) is 0.623. The molecule has 80 valence electrons. The van der Waals surface area contributed by atoms with Crippen LogP contribution >= 0.6 is 0 Å². The molecular weight excluding hydrogens is 184 g/mol. The monoisotopic (exact) mass is 200 g/mol. The molecule has 0 aromatic rings. The Bertz CT molecular complexity index is 233. The average molecular weight is 200 g/mol. The van der Waals surface area contributed by atoms with Gasteiger partial charge in [-0.3, -0.25) is 9.59 Å². The van der Waals surface area contributed by atoms with Gasteiger partial charge in [-0.15, -0.1) is 0 Å². The minimum Gasteiger partial charge on any atom is -0.362 e. The maximum Gasteiger partial charge on any atom is 0.163 e. The van der Waals surface area contributed by atoms with Crippen molar-refractivity contribution in [2.45, 2.75) is 38.9 Å². The van der Waals surface area contributed by atoms with Gasteiger partial charge in [0.2, 0.25) is 0 Å². The highest BCUT2D eigenvalue weighted by molar-refractivity contribution is 5.87. The molecule has 2 unspecified atom stereocenters. The van der Waals surface area contributed by atoms with Gasteiger partial charge >= 0.3 is 0 Å². The molecule has 2 atom stereocenters. The second-order valence-electron chi connectivity index (χ2n) is 4.15. The third-order valence-corrected chi connectivity index (χ3v) is 2.64. The molecule has 2 aliphatic heterocycles. The molecule has 0 spiro atoms. The Kier molecular flexibility index (Phi) is 2.78. The van der Waals surface area contributed by atoms with Gasteiger partial charge in [0.1, 0.15) is 11.2 Å². The van der Waals surface area contributed by atoms with Crippen LogP contribution in [0.25, 0.3) is 0 Å². The summed E-state index contributed by atoms with van der Waals surface area (Å²) in [4.78, 5) is 20.8. The summed E-state index contributed by atoms with van der Waals surface area (Å²) in [6.07, 6.45) is 0. The first-order valence-corrected chi connectivity index (χ1v) is 4.60. The Balaban J connectivity index is 0.000000140. The van der Waals surface area contributed by atoms with Crippen molar-refractivity contribution in [1.29, 1.82) is 0 Å². The fraction of sp³-hybridized carbons (Fsp3) is 0.800. The van der Waals surface area contributed by atoms with Crippen LogP contribution in [0, 0.1) is 0 Å². The van der Waals surface area contributed by atoms with Crippen LogP contribution in [0.3, 0.4) is 0 Å². The van der Waals surface area contributed by atoms with Crippen LogP contribution in [-0.2, 0) is 19.1 Å². The lowest BCUT2D eigenvalue weighted by Crippen LogP contribution is -2.15. The summed E-state index contributed by atoms with van der Waals surface area (Å²) >= 11 is 0. The number of Topliss-reactive ketones (excluding diaryl/α,β-unsaturated/α-hetero) is 2. The lowest BCUT2D eigenvalue weighted by atomic mass is 10.1. The summed E-state index contributed by atoms with van der Waals surface area (Å²) in [6, 6.07) is 0. The Morgan fingerprint density at radius 3 is 1.14 bits per heavy atom. The summed E-state index contributed by atoms with van der Waals surface area (Å²) in [6.45, 7) is 7.93. The molecule has 0 bridgehead atoms. The fourth-order valence-corrected chi connectivity index (χ4v) is 0.623. The standard InChI is InChI=1S/2C5H8O2/c2*1-4(6)5(2)3-7-5/h2*3H2,1-2H3. The molecule has 4 heteroatoms. The summed E-state index contributed by atoms with van der Waals surface area (Å²) in [7, 11) is 0. The lowest BCUT2D eigenvalue weighted by Gasteiger charge is -1.92. The summed E-state index contributed by atoms with van der Waals surface area (Å²) in [5.41, 5.74) is -0.778. The van der Waals surface area contributed by atoms with Gasteiger partial charge in [-0.25, -0.2) is 0 Å². The van der Waals surface area contributed by atoms with Gasteiger partial charge in [-0.2, -0.15) is 0 Å². The SMILES string of the molecule is CC(=O)C1(C)CO1.CC(=O)C1(C)CO1. The zero-order valence-electron chi connectivity index (χ0n) is 9.05. The molecular formula is C10H16O4. The van der Waals surface area contributed by atoms with Crippen LogP contribution in [-0.4, -0.2) is 36.0 Å². The van der Waals surface area contributed by atoms with E-state index in [1.165, 1.54) is 0 Å². The highest BCUT2D eigenvalue weighted by Gasteiger charge is 2.44. The van der Waals surface area contributed by atoms with E-state index in [4.69, 9.17) is 9.47 Å². The van der Waals surface area contributed by atoms with Gasteiger partial charge < -0.3 is 9.47 Å². The molecule has 0 aromatic heterocycles. The molecule has 0 N–H and O–H groups in total. The predicted molar refractivity (Wildman–Crippen MR) is 50.1 cm³/mol. The van der Waals surface area contributed by atoms with Gasteiger partial charge in [0, 0.05) is 0 Å². The summed E-state index contributed by atoms with van der Waals surface area (Å²) < 4.78 is 9.62. The van der Waals surface area contributed by atoms with Crippen molar-refractivity contribution in [3.8, 4) is 0 Å². The molecule has 0 aromatic carbocycles. The maximum atomic E-state index is 10.4. The number of epoxide rings is 2. The molecule has 0 radical (unpaired) electrons. The van der Waals surface area contributed by atoms with Crippen molar-refractivity contribution in [3.63, 3.8) is 0 Å². The van der Waals surface area contributed by atoms with Crippen molar-refractivity contribution in [2.24, 2.45) is 0 Å². The van der Waals surface area contributed by atoms with E-state index in [2.05, 4.69) is 0 Å². The number of rotatable bonds is 2. The molecule has 2 heterocycles. The van der Waals surface area contributed by atoms with Gasteiger partial charge in [-0.05, 0) is 27.7 Å². The predicted octanol–water partition coefficient (Wildman–Crippen LogP) is 0.729. The normalized spacial score (nSPS) is 38.0. The Hall–Kier alpha value is -0.740. The van der Waals surface area contributed by atoms with Crippen molar-refractivity contribution in [2.75, 3.05) is 13.2 Å². The molecule has 0 amide bonds. The van der Waals surface area contributed by atoms with E-state index in [-0.39, 0.29) is 22.8 Å². The quantitative estimate of drug-likeness (QED) is 0.616. The van der Waals surface area contributed by atoms with Gasteiger partial charge in [0.25, 0.3) is 0 Å². The van der Waals surface area contributed by atoms with Crippen molar-refractivity contribution >= 4 is 11.6 Å². The van der Waals surface area contributed by atoms with E-state index in [0.717, 1.165) is 0 Å². The van der Waals surface area contributed by atoms with E-state index in [9.17, 15) is 9.59 Å². The van der Waals surface area contributed by atoms with Gasteiger partial charge in [-0.1, -0.05) is 0 Å². The Morgan fingerprint density at radius 1 is 0.929 bits per heavy atom. The van der Waals surface area contributed by atoms with E-state index < -0.39 is 0 Å². The van der Waals surface area contributed by atoms with Gasteiger partial charge in [0.15, 0.2) is 11.6 Å². The highest BCUT2D eigenvalue weighted by Crippen LogP contribution is 2.26. The average Bonchev–Trinajstić information content (AvgIpc) is 2.93. The van der Waals surface area contributed by atoms with E-state index in [1.807, 2.05) is 0 Å². The first-order valence-electron chi connectivity index (χ1n) is 4.60. The minimum atomic E-state index is -0.389. The topological polar surface area (TPSA) is 59.2 Å². The van der Waals surface area contributed by atoms with Crippen LogP contribution < -0.4 is 0 Å². The largest absolute Gasteiger partial charge is 0.362 e. The number of carbonyl (C=O) groups excluding carboxylic acids is 2. The molecule has 2 rings (SSSR count). The summed E-state index contributed by atoms with van der Waals surface area (Å²) in [5.74, 6) is 0.264. The van der Waals surface area contributed by atoms with Gasteiger partial charge in [0.05, 0.1) is 13.2 Å². The van der Waals surface area contributed by atoms with Crippen LogP contribution in [0.15, 0.2) is 0 Å². The van der Waals surface area contributed by atoms with E-state index >= 15 is 0 Å². The molecule has 2 saturated heterocycles. The third-order valence-electron chi connectivity index (χ3n) is 2.64. The zero-order chi connectivity index (χ0) is 11.0. The van der Waals surface area contributed by atoms with Crippen molar-refractivity contribution in [3.05, 3.63) is 0 Å². The Morgan fingerprint density at radius 2 is 1.14 bits per heavy atom. The smallest absolute Gasteiger partial charge is 0.163 e. The number of ether oxygens (including phenoxy) is 2. The number of hydrogen-bond acceptors (Lipinski definition) is 4. The highest BCUT2D eigenvalue weighted by atomic mass is 16.6. The second kappa shape index (κ2) is 3.44. The summed E-state index contributed by atoms with van der Waals surface area (Å²) in [5, 5.41) is 0. The molecule has 0 aliphatic carbocycles. The molecule has 14 heavy (non-hydrogen) atoms. The number of hydrogen-bond donors (Lipinski definition) is 0. The zero-order valence-corrected chi connectivity index (χ0v) is 9.05. The second-order valence-corrected chi connectivity index (χ2v) is 4.15. The third kappa shape index (κ3) is 2.62. The first-order chi connectivity index (χ1) is 6.30. The number of carbonyl (C=O) groups is 2. The van der Waals surface area contributed by atoms with Crippen molar-refractivity contribution in [1.82, 2.24) is 0 Å². The molecule has 4 nitrogen and oxygen atoms in total. The number of ketones is 2. The van der Waals surface area contributed by atoms with E-state index in [0.29, 0.717) is 13.2 Å². The maximum absolute atomic E-state index is 10.4. The van der Waals surface area contributed by atoms with Crippen LogP contribution in [0.4, 0.5) is 0 Å².